The number of aromatic amines is 1. The number of carbonyl (C=O) groups is 1. The summed E-state index contributed by atoms with van der Waals surface area (Å²) in [4.78, 5) is 29.6. The standard InChI is InChI=1S/C11H16N2O3S/c1-4-16-11(15)8-5-12-9(13-10(8)14)6-17-7(2)3/h5,7H,4,6H2,1-3H3,(H,12,13,14). The summed E-state index contributed by atoms with van der Waals surface area (Å²) >= 11 is 1.67. The average Bonchev–Trinajstić information content (AvgIpc) is 2.26. The van der Waals surface area contributed by atoms with Crippen molar-refractivity contribution >= 4 is 17.7 Å². The smallest absolute Gasteiger partial charge is 0.345 e. The molecule has 0 amide bonds. The van der Waals surface area contributed by atoms with Crippen LogP contribution in [0.4, 0.5) is 0 Å². The van der Waals surface area contributed by atoms with E-state index in [1.165, 1.54) is 6.20 Å². The Morgan fingerprint density at radius 2 is 2.29 bits per heavy atom. The van der Waals surface area contributed by atoms with E-state index >= 15 is 0 Å². The van der Waals surface area contributed by atoms with Gasteiger partial charge in [0.15, 0.2) is 0 Å². The van der Waals surface area contributed by atoms with Crippen LogP contribution in [0.3, 0.4) is 0 Å². The molecule has 0 atom stereocenters. The number of carbonyl (C=O) groups excluding carboxylic acids is 1. The highest BCUT2D eigenvalue weighted by Crippen LogP contribution is 2.13. The number of nitrogens with zero attached hydrogens (tertiary/aromatic N) is 1. The number of H-pyrrole nitrogens is 1. The summed E-state index contributed by atoms with van der Waals surface area (Å²) in [7, 11) is 0. The van der Waals surface area contributed by atoms with E-state index in [2.05, 4.69) is 23.8 Å². The zero-order chi connectivity index (χ0) is 12.8. The second-order valence-corrected chi connectivity index (χ2v) is 5.22. The molecule has 0 saturated carbocycles. The molecule has 0 unspecified atom stereocenters. The SMILES string of the molecule is CCOC(=O)c1cnc(CSC(C)C)[nH]c1=O. The molecule has 0 aliphatic heterocycles. The first kappa shape index (κ1) is 13.8. The van der Waals surface area contributed by atoms with Crippen LogP contribution in [0, 0.1) is 0 Å². The monoisotopic (exact) mass is 256 g/mol. The minimum absolute atomic E-state index is 0.0508. The van der Waals surface area contributed by atoms with Gasteiger partial charge in [0.25, 0.3) is 5.56 Å². The molecule has 0 aromatic carbocycles. The molecule has 1 aromatic heterocycles. The van der Waals surface area contributed by atoms with Crippen LogP contribution in [0.25, 0.3) is 0 Å². The molecule has 1 heterocycles. The molecule has 5 nitrogen and oxygen atoms in total. The van der Waals surface area contributed by atoms with Gasteiger partial charge in [-0.2, -0.15) is 11.8 Å². The summed E-state index contributed by atoms with van der Waals surface area (Å²) in [5.41, 5.74) is -0.497. The summed E-state index contributed by atoms with van der Waals surface area (Å²) < 4.78 is 4.74. The van der Waals surface area contributed by atoms with Crippen molar-refractivity contribution in [3.05, 3.63) is 27.9 Å². The van der Waals surface area contributed by atoms with Crippen LogP contribution in [-0.2, 0) is 10.5 Å². The fourth-order valence-corrected chi connectivity index (χ4v) is 1.74. The van der Waals surface area contributed by atoms with Gasteiger partial charge in [-0.15, -0.1) is 0 Å². The third-order valence-corrected chi connectivity index (χ3v) is 3.01. The van der Waals surface area contributed by atoms with E-state index in [9.17, 15) is 9.59 Å². The fourth-order valence-electron chi connectivity index (χ4n) is 1.10. The largest absolute Gasteiger partial charge is 0.462 e. The van der Waals surface area contributed by atoms with Crippen molar-refractivity contribution in [2.24, 2.45) is 0 Å². The number of hydrogen-bond acceptors (Lipinski definition) is 5. The van der Waals surface area contributed by atoms with Crippen molar-refractivity contribution in [2.45, 2.75) is 31.8 Å². The summed E-state index contributed by atoms with van der Waals surface area (Å²) in [6.45, 7) is 6.06. The molecule has 17 heavy (non-hydrogen) atoms. The number of aromatic nitrogens is 2. The van der Waals surface area contributed by atoms with Crippen LogP contribution >= 0.6 is 11.8 Å². The van der Waals surface area contributed by atoms with E-state index in [-0.39, 0.29) is 12.2 Å². The molecule has 0 spiro atoms. The molecular weight excluding hydrogens is 240 g/mol. The lowest BCUT2D eigenvalue weighted by Gasteiger charge is -2.05. The van der Waals surface area contributed by atoms with E-state index in [0.717, 1.165) is 0 Å². The van der Waals surface area contributed by atoms with Gasteiger partial charge in [-0.3, -0.25) is 4.79 Å². The lowest BCUT2D eigenvalue weighted by atomic mass is 10.3. The van der Waals surface area contributed by atoms with Crippen LogP contribution in [0.2, 0.25) is 0 Å². The topological polar surface area (TPSA) is 72.0 Å². The summed E-state index contributed by atoms with van der Waals surface area (Å²) in [6, 6.07) is 0. The highest BCUT2D eigenvalue weighted by molar-refractivity contribution is 7.99. The van der Waals surface area contributed by atoms with Crippen molar-refractivity contribution in [3.8, 4) is 0 Å². The minimum Gasteiger partial charge on any atom is -0.462 e. The summed E-state index contributed by atoms with van der Waals surface area (Å²) in [5, 5.41) is 0.463. The lowest BCUT2D eigenvalue weighted by molar-refractivity contribution is 0.0523. The molecular formula is C11H16N2O3S. The van der Waals surface area contributed by atoms with Crippen LogP contribution < -0.4 is 5.56 Å². The molecule has 0 radical (unpaired) electrons. The molecule has 0 aliphatic rings. The zero-order valence-electron chi connectivity index (χ0n) is 10.1. The summed E-state index contributed by atoms with van der Waals surface area (Å²) in [5.74, 6) is 0.557. The first-order chi connectivity index (χ1) is 8.04. The predicted octanol–water partition coefficient (Wildman–Crippen LogP) is 1.59. The number of rotatable bonds is 5. The molecule has 1 N–H and O–H groups in total. The number of hydrogen-bond donors (Lipinski definition) is 1. The van der Waals surface area contributed by atoms with Crippen LogP contribution in [0.15, 0.2) is 11.0 Å². The van der Waals surface area contributed by atoms with Crippen LogP contribution in [0.5, 0.6) is 0 Å². The Kier molecular flexibility index (Phi) is 5.21. The number of nitrogens with one attached hydrogen (secondary N) is 1. The molecule has 1 aromatic rings. The van der Waals surface area contributed by atoms with Crippen molar-refractivity contribution in [2.75, 3.05) is 6.61 Å². The van der Waals surface area contributed by atoms with E-state index in [0.29, 0.717) is 16.8 Å². The molecule has 6 heteroatoms. The zero-order valence-corrected chi connectivity index (χ0v) is 11.0. The van der Waals surface area contributed by atoms with Gasteiger partial charge in [-0.1, -0.05) is 13.8 Å². The Bertz CT molecular complexity index is 443. The van der Waals surface area contributed by atoms with E-state index in [1.54, 1.807) is 18.7 Å². The fraction of sp³-hybridized carbons (Fsp3) is 0.545. The third-order valence-electron chi connectivity index (χ3n) is 1.90. The predicted molar refractivity (Wildman–Crippen MR) is 67.2 cm³/mol. The minimum atomic E-state index is -0.635. The highest BCUT2D eigenvalue weighted by atomic mass is 32.2. The summed E-state index contributed by atoms with van der Waals surface area (Å²) in [6.07, 6.45) is 1.27. The lowest BCUT2D eigenvalue weighted by Crippen LogP contribution is -2.21. The molecule has 94 valence electrons. The van der Waals surface area contributed by atoms with Gasteiger partial charge in [-0.25, -0.2) is 9.78 Å². The van der Waals surface area contributed by atoms with Crippen molar-refractivity contribution < 1.29 is 9.53 Å². The highest BCUT2D eigenvalue weighted by Gasteiger charge is 2.12. The second-order valence-electron chi connectivity index (χ2n) is 3.65. The third kappa shape index (κ3) is 4.22. The van der Waals surface area contributed by atoms with Crippen LogP contribution in [-0.4, -0.2) is 27.8 Å². The first-order valence-corrected chi connectivity index (χ1v) is 6.46. The van der Waals surface area contributed by atoms with Crippen LogP contribution in [0.1, 0.15) is 37.0 Å². The van der Waals surface area contributed by atoms with Gasteiger partial charge in [0.05, 0.1) is 12.4 Å². The Morgan fingerprint density at radius 3 is 2.82 bits per heavy atom. The van der Waals surface area contributed by atoms with E-state index in [1.807, 2.05) is 0 Å². The molecule has 0 bridgehead atoms. The van der Waals surface area contributed by atoms with Gasteiger partial charge < -0.3 is 9.72 Å². The van der Waals surface area contributed by atoms with Gasteiger partial charge in [0.1, 0.15) is 11.4 Å². The van der Waals surface area contributed by atoms with Gasteiger partial charge in [-0.05, 0) is 12.2 Å². The quantitative estimate of drug-likeness (QED) is 0.810. The number of thioether (sulfide) groups is 1. The number of esters is 1. The van der Waals surface area contributed by atoms with Crippen molar-refractivity contribution in [1.82, 2.24) is 9.97 Å². The Balaban J connectivity index is 2.79. The van der Waals surface area contributed by atoms with E-state index in [4.69, 9.17) is 4.74 Å². The van der Waals surface area contributed by atoms with E-state index < -0.39 is 11.5 Å². The number of ether oxygens (including phenoxy) is 1. The first-order valence-electron chi connectivity index (χ1n) is 5.41. The molecule has 0 saturated heterocycles. The second kappa shape index (κ2) is 6.44. The Hall–Kier alpha value is -1.30. The van der Waals surface area contributed by atoms with Gasteiger partial charge in [0, 0.05) is 6.20 Å². The maximum Gasteiger partial charge on any atom is 0.345 e. The average molecular weight is 256 g/mol. The maximum atomic E-state index is 11.6. The molecule has 1 rings (SSSR count). The molecule has 0 fully saturated rings. The normalized spacial score (nSPS) is 10.6. The Morgan fingerprint density at radius 1 is 1.59 bits per heavy atom. The Labute approximate surface area is 104 Å². The van der Waals surface area contributed by atoms with Crippen molar-refractivity contribution in [1.29, 1.82) is 0 Å². The van der Waals surface area contributed by atoms with Gasteiger partial charge >= 0.3 is 5.97 Å². The maximum absolute atomic E-state index is 11.6. The van der Waals surface area contributed by atoms with Crippen molar-refractivity contribution in [3.63, 3.8) is 0 Å². The molecule has 0 aliphatic carbocycles. The van der Waals surface area contributed by atoms with Gasteiger partial charge in [0.2, 0.25) is 0 Å².